The minimum absolute atomic E-state index is 0.132. The van der Waals surface area contributed by atoms with Crippen molar-refractivity contribution in [2.75, 3.05) is 46.9 Å². The lowest BCUT2D eigenvalue weighted by Crippen LogP contribution is -2.59. The van der Waals surface area contributed by atoms with Gasteiger partial charge in [0.25, 0.3) is 0 Å². The van der Waals surface area contributed by atoms with Crippen LogP contribution in [0.1, 0.15) is 19.3 Å². The molecule has 9 heteroatoms. The molecule has 0 aliphatic carbocycles. The van der Waals surface area contributed by atoms with Crippen molar-refractivity contribution < 1.29 is 22.3 Å². The zero-order valence-corrected chi connectivity index (χ0v) is 17.0. The molecule has 4 rings (SSSR count). The lowest BCUT2D eigenvalue weighted by molar-refractivity contribution is -0.134. The number of benzene rings is 1. The molecule has 7 nitrogen and oxygen atoms in total. The van der Waals surface area contributed by atoms with Crippen LogP contribution in [0.5, 0.6) is 5.75 Å². The number of sulfonamides is 1. The van der Waals surface area contributed by atoms with Gasteiger partial charge in [-0.2, -0.15) is 4.31 Å². The molecule has 3 aliphatic rings. The van der Waals surface area contributed by atoms with Crippen LogP contribution < -0.4 is 4.74 Å². The van der Waals surface area contributed by atoms with Crippen LogP contribution in [0.15, 0.2) is 23.1 Å². The molecule has 1 aromatic rings. The lowest BCUT2D eigenvalue weighted by atomic mass is 9.79. The first-order valence-corrected chi connectivity index (χ1v) is 11.0. The van der Waals surface area contributed by atoms with E-state index < -0.39 is 15.8 Å². The molecule has 3 fully saturated rings. The maximum atomic E-state index is 13.6. The van der Waals surface area contributed by atoms with Gasteiger partial charge in [0.05, 0.1) is 13.2 Å². The summed E-state index contributed by atoms with van der Waals surface area (Å²) >= 11 is 0. The fourth-order valence-electron chi connectivity index (χ4n) is 4.79. The number of halogens is 1. The van der Waals surface area contributed by atoms with E-state index in [1.165, 1.54) is 23.5 Å². The Hall–Kier alpha value is -1.71. The third kappa shape index (κ3) is 3.19. The standard InChI is InChI=1S/C19H26FN3O4S/c1-21-11-19(10-15(21)18(24)22-7-3-4-8-22)12-23(13-19)28(25,26)17-9-14(20)5-6-16(17)27-2/h5-6,9,15H,3-4,7-8,10-13H2,1-2H3/t15-/m0/s1. The summed E-state index contributed by atoms with van der Waals surface area (Å²) in [5.41, 5.74) is -0.220. The van der Waals surface area contributed by atoms with Crippen LogP contribution in [0.3, 0.4) is 0 Å². The highest BCUT2D eigenvalue weighted by Crippen LogP contribution is 2.45. The maximum Gasteiger partial charge on any atom is 0.246 e. The number of amides is 1. The SMILES string of the molecule is COc1ccc(F)cc1S(=O)(=O)N1CC2(C[C@@H](C(=O)N3CCCC3)N(C)C2)C1. The van der Waals surface area contributed by atoms with Crippen LogP contribution in [-0.2, 0) is 14.8 Å². The molecule has 28 heavy (non-hydrogen) atoms. The van der Waals surface area contributed by atoms with Crippen LogP contribution in [0, 0.1) is 11.2 Å². The fraction of sp³-hybridized carbons (Fsp3) is 0.632. The Bertz CT molecular complexity index is 879. The van der Waals surface area contributed by atoms with Crippen molar-refractivity contribution in [3.63, 3.8) is 0 Å². The predicted molar refractivity (Wildman–Crippen MR) is 101 cm³/mol. The molecule has 1 spiro atoms. The monoisotopic (exact) mass is 411 g/mol. The Labute approximate surface area is 165 Å². The molecule has 0 saturated carbocycles. The molecule has 0 bridgehead atoms. The van der Waals surface area contributed by atoms with Gasteiger partial charge in [0, 0.05) is 38.1 Å². The number of likely N-dealkylation sites (N-methyl/N-ethyl adjacent to an activating group) is 1. The second-order valence-corrected chi connectivity index (χ2v) is 10.1. The number of rotatable bonds is 4. The van der Waals surface area contributed by atoms with Crippen LogP contribution in [0.2, 0.25) is 0 Å². The molecule has 1 atom stereocenters. The smallest absolute Gasteiger partial charge is 0.246 e. The first-order valence-electron chi connectivity index (χ1n) is 9.58. The van der Waals surface area contributed by atoms with Crippen LogP contribution in [0.4, 0.5) is 4.39 Å². The van der Waals surface area contributed by atoms with Gasteiger partial charge < -0.3 is 9.64 Å². The van der Waals surface area contributed by atoms with Crippen molar-refractivity contribution in [2.45, 2.75) is 30.2 Å². The van der Waals surface area contributed by atoms with Gasteiger partial charge >= 0.3 is 0 Å². The number of carbonyl (C=O) groups excluding carboxylic acids is 1. The summed E-state index contributed by atoms with van der Waals surface area (Å²) in [6, 6.07) is 3.31. The largest absolute Gasteiger partial charge is 0.495 e. The van der Waals surface area contributed by atoms with E-state index in [-0.39, 0.29) is 28.0 Å². The van der Waals surface area contributed by atoms with E-state index in [2.05, 4.69) is 0 Å². The first kappa shape index (κ1) is 19.6. The van der Waals surface area contributed by atoms with Gasteiger partial charge in [-0.25, -0.2) is 12.8 Å². The van der Waals surface area contributed by atoms with Gasteiger partial charge in [-0.1, -0.05) is 0 Å². The summed E-state index contributed by atoms with van der Waals surface area (Å²) in [7, 11) is -0.551. The quantitative estimate of drug-likeness (QED) is 0.744. The van der Waals surface area contributed by atoms with E-state index in [4.69, 9.17) is 4.74 Å². The summed E-state index contributed by atoms with van der Waals surface area (Å²) in [4.78, 5) is 16.6. The van der Waals surface area contributed by atoms with Gasteiger partial charge in [0.2, 0.25) is 15.9 Å². The van der Waals surface area contributed by atoms with E-state index in [0.29, 0.717) is 26.1 Å². The Morgan fingerprint density at radius 3 is 2.54 bits per heavy atom. The van der Waals surface area contributed by atoms with Crippen molar-refractivity contribution in [2.24, 2.45) is 5.41 Å². The molecule has 1 amide bonds. The van der Waals surface area contributed by atoms with Crippen LogP contribution >= 0.6 is 0 Å². The Morgan fingerprint density at radius 1 is 1.21 bits per heavy atom. The van der Waals surface area contributed by atoms with E-state index >= 15 is 0 Å². The van der Waals surface area contributed by atoms with Crippen molar-refractivity contribution >= 4 is 15.9 Å². The fourth-order valence-corrected chi connectivity index (χ4v) is 6.62. The predicted octanol–water partition coefficient (Wildman–Crippen LogP) is 1.15. The molecule has 1 aromatic carbocycles. The normalized spacial score (nSPS) is 25.2. The molecule has 0 radical (unpaired) electrons. The van der Waals surface area contributed by atoms with Gasteiger partial charge in [0.15, 0.2) is 0 Å². The summed E-state index contributed by atoms with van der Waals surface area (Å²) in [6.07, 6.45) is 2.76. The third-order valence-electron chi connectivity index (χ3n) is 6.21. The van der Waals surface area contributed by atoms with Gasteiger partial charge in [-0.05, 0) is 44.5 Å². The van der Waals surface area contributed by atoms with Gasteiger partial charge in [-0.15, -0.1) is 0 Å². The number of carbonyl (C=O) groups is 1. The third-order valence-corrected chi connectivity index (χ3v) is 8.03. The van der Waals surface area contributed by atoms with E-state index in [1.807, 2.05) is 16.8 Å². The highest BCUT2D eigenvalue weighted by molar-refractivity contribution is 7.89. The van der Waals surface area contributed by atoms with Gasteiger partial charge in [0.1, 0.15) is 16.5 Å². The molecule has 0 unspecified atom stereocenters. The molecule has 3 aliphatic heterocycles. The summed E-state index contributed by atoms with van der Waals surface area (Å²) < 4.78 is 46.1. The van der Waals surface area contributed by atoms with Gasteiger partial charge in [-0.3, -0.25) is 9.69 Å². The first-order chi connectivity index (χ1) is 13.3. The molecule has 0 aromatic heterocycles. The van der Waals surface area contributed by atoms with Crippen molar-refractivity contribution in [1.82, 2.24) is 14.1 Å². The number of ether oxygens (including phenoxy) is 1. The van der Waals surface area contributed by atoms with Crippen LogP contribution in [-0.4, -0.2) is 81.4 Å². The number of hydrogen-bond acceptors (Lipinski definition) is 5. The summed E-state index contributed by atoms with van der Waals surface area (Å²) in [5.74, 6) is -0.329. The van der Waals surface area contributed by atoms with E-state index in [9.17, 15) is 17.6 Å². The number of hydrogen-bond donors (Lipinski definition) is 0. The molecule has 0 N–H and O–H groups in total. The second-order valence-electron chi connectivity index (χ2n) is 8.24. The summed E-state index contributed by atoms with van der Waals surface area (Å²) in [6.45, 7) is 2.99. The average molecular weight is 411 g/mol. The van der Waals surface area contributed by atoms with Crippen molar-refractivity contribution in [3.05, 3.63) is 24.0 Å². The molecular weight excluding hydrogens is 385 g/mol. The number of nitrogens with zero attached hydrogens (tertiary/aromatic N) is 3. The molecular formula is C19H26FN3O4S. The minimum Gasteiger partial charge on any atom is -0.495 e. The topological polar surface area (TPSA) is 70.2 Å². The highest BCUT2D eigenvalue weighted by Gasteiger charge is 2.56. The zero-order chi connectivity index (χ0) is 20.1. The maximum absolute atomic E-state index is 13.6. The van der Waals surface area contributed by atoms with Crippen molar-refractivity contribution in [1.29, 1.82) is 0 Å². The highest BCUT2D eigenvalue weighted by atomic mass is 32.2. The molecule has 3 saturated heterocycles. The second kappa shape index (κ2) is 6.96. The van der Waals surface area contributed by atoms with Crippen molar-refractivity contribution in [3.8, 4) is 5.75 Å². The van der Waals surface area contributed by atoms with E-state index in [0.717, 1.165) is 32.0 Å². The lowest BCUT2D eigenvalue weighted by Gasteiger charge is -2.46. The number of likely N-dealkylation sites (tertiary alicyclic amines) is 2. The molecule has 3 heterocycles. The van der Waals surface area contributed by atoms with Crippen LogP contribution in [0.25, 0.3) is 0 Å². The zero-order valence-electron chi connectivity index (χ0n) is 16.2. The average Bonchev–Trinajstić information content (AvgIpc) is 3.28. The Balaban J connectivity index is 1.48. The number of methoxy groups -OCH3 is 1. The Morgan fingerprint density at radius 2 is 1.89 bits per heavy atom. The molecule has 154 valence electrons. The summed E-state index contributed by atoms with van der Waals surface area (Å²) in [5, 5.41) is 0. The van der Waals surface area contributed by atoms with E-state index in [1.54, 1.807) is 0 Å². The Kier molecular flexibility index (Phi) is 4.87. The minimum atomic E-state index is -3.85.